The first-order valence-corrected chi connectivity index (χ1v) is 7.59. The quantitative estimate of drug-likeness (QED) is 0.619. The van der Waals surface area contributed by atoms with E-state index in [-0.39, 0.29) is 22.1 Å². The summed E-state index contributed by atoms with van der Waals surface area (Å²) in [6.07, 6.45) is 0. The lowest BCUT2D eigenvalue weighted by atomic mass is 10.0. The van der Waals surface area contributed by atoms with Crippen LogP contribution in [0.1, 0.15) is 11.3 Å². The summed E-state index contributed by atoms with van der Waals surface area (Å²) in [5.74, 6) is -1.76. The summed E-state index contributed by atoms with van der Waals surface area (Å²) < 4.78 is 30.4. The highest BCUT2D eigenvalue weighted by atomic mass is 35.5. The first kappa shape index (κ1) is 16.4. The molecule has 7 heteroatoms. The number of nitrogens with zero attached hydrogens (tertiary/aromatic N) is 3. The Morgan fingerprint density at radius 1 is 1.08 bits per heavy atom. The smallest absolute Gasteiger partial charge is 0.208 e. The van der Waals surface area contributed by atoms with E-state index in [4.69, 9.17) is 28.5 Å². The van der Waals surface area contributed by atoms with Crippen LogP contribution in [0, 0.1) is 29.9 Å². The number of nitriles is 1. The number of rotatable bonds is 2. The van der Waals surface area contributed by atoms with Gasteiger partial charge in [-0.2, -0.15) is 5.26 Å². The molecule has 0 saturated carbocycles. The molecule has 24 heavy (non-hydrogen) atoms. The minimum atomic E-state index is -0.951. The van der Waals surface area contributed by atoms with Crippen molar-refractivity contribution in [2.24, 2.45) is 0 Å². The van der Waals surface area contributed by atoms with Gasteiger partial charge < -0.3 is 0 Å². The van der Waals surface area contributed by atoms with Gasteiger partial charge in [0.05, 0.1) is 22.5 Å². The third kappa shape index (κ3) is 2.64. The average Bonchev–Trinajstić information content (AvgIpc) is 2.83. The number of halogens is 4. The highest BCUT2D eigenvalue weighted by molar-refractivity contribution is 6.30. The maximum absolute atomic E-state index is 14.6. The number of hydrogen-bond donors (Lipinski definition) is 0. The van der Waals surface area contributed by atoms with Crippen LogP contribution in [0.3, 0.4) is 0 Å². The molecule has 0 aliphatic carbocycles. The normalized spacial score (nSPS) is 10.7. The van der Waals surface area contributed by atoms with Gasteiger partial charge in [-0.05, 0) is 54.9 Å². The van der Waals surface area contributed by atoms with Crippen molar-refractivity contribution in [1.82, 2.24) is 9.55 Å². The fraction of sp³-hybridized carbons (Fsp3) is 0.0588. The molecule has 120 valence electrons. The number of benzene rings is 2. The molecule has 0 saturated heterocycles. The van der Waals surface area contributed by atoms with Crippen molar-refractivity contribution >= 4 is 23.2 Å². The number of aromatic nitrogens is 2. The lowest BCUT2D eigenvalue weighted by Gasteiger charge is -2.12. The maximum atomic E-state index is 14.6. The molecular weight excluding hydrogens is 355 g/mol. The Morgan fingerprint density at radius 2 is 1.75 bits per heavy atom. The zero-order valence-electron chi connectivity index (χ0n) is 12.3. The minimum absolute atomic E-state index is 0.0472. The van der Waals surface area contributed by atoms with Crippen molar-refractivity contribution in [2.75, 3.05) is 0 Å². The molecule has 0 unspecified atom stereocenters. The molecule has 1 aromatic heterocycles. The molecule has 2 aromatic carbocycles. The summed E-state index contributed by atoms with van der Waals surface area (Å²) in [5, 5.41) is 9.55. The van der Waals surface area contributed by atoms with Gasteiger partial charge in [0.25, 0.3) is 0 Å². The molecule has 0 fully saturated rings. The van der Waals surface area contributed by atoms with Gasteiger partial charge in [-0.3, -0.25) is 4.57 Å². The first-order valence-electron chi connectivity index (χ1n) is 6.83. The summed E-state index contributed by atoms with van der Waals surface area (Å²) in [6, 6.07) is 10.4. The molecule has 0 spiro atoms. The highest BCUT2D eigenvalue weighted by Gasteiger charge is 2.24. The van der Waals surface area contributed by atoms with Crippen LogP contribution < -0.4 is 0 Å². The maximum Gasteiger partial charge on any atom is 0.208 e. The van der Waals surface area contributed by atoms with E-state index in [1.54, 1.807) is 37.3 Å². The van der Waals surface area contributed by atoms with Crippen LogP contribution in [-0.4, -0.2) is 9.55 Å². The molecule has 0 bridgehead atoms. The van der Waals surface area contributed by atoms with Crippen LogP contribution >= 0.6 is 23.2 Å². The van der Waals surface area contributed by atoms with E-state index in [0.717, 1.165) is 12.1 Å². The molecule has 0 aliphatic rings. The summed E-state index contributed by atoms with van der Waals surface area (Å²) in [4.78, 5) is 4.10. The number of imidazole rings is 1. The average molecular weight is 364 g/mol. The van der Waals surface area contributed by atoms with Crippen molar-refractivity contribution in [3.05, 3.63) is 69.6 Å². The van der Waals surface area contributed by atoms with Crippen LogP contribution in [0.25, 0.3) is 16.9 Å². The molecule has 0 amide bonds. The van der Waals surface area contributed by atoms with E-state index in [2.05, 4.69) is 4.98 Å². The molecule has 0 aliphatic heterocycles. The SMILES string of the molecule is Cc1nc(Cl)n(-c2ccc(Cl)cc2)c1-c1c(F)ccc(C#N)c1F. The van der Waals surface area contributed by atoms with E-state index in [1.165, 1.54) is 4.57 Å². The zero-order valence-corrected chi connectivity index (χ0v) is 13.8. The molecular formula is C17H9Cl2F2N3. The Balaban J connectivity index is 2.35. The van der Waals surface area contributed by atoms with Crippen LogP contribution in [0.2, 0.25) is 10.3 Å². The Hall–Kier alpha value is -2.42. The van der Waals surface area contributed by atoms with Gasteiger partial charge in [0.1, 0.15) is 11.9 Å². The molecule has 0 radical (unpaired) electrons. The monoisotopic (exact) mass is 363 g/mol. The van der Waals surface area contributed by atoms with E-state index < -0.39 is 11.6 Å². The second-order valence-corrected chi connectivity index (χ2v) is 5.80. The number of hydrogen-bond acceptors (Lipinski definition) is 2. The van der Waals surface area contributed by atoms with Crippen molar-refractivity contribution < 1.29 is 8.78 Å². The van der Waals surface area contributed by atoms with Crippen molar-refractivity contribution in [2.45, 2.75) is 6.92 Å². The minimum Gasteiger partial charge on any atom is -0.283 e. The molecule has 0 N–H and O–H groups in total. The van der Waals surface area contributed by atoms with E-state index in [9.17, 15) is 8.78 Å². The molecule has 3 nitrogen and oxygen atoms in total. The number of aryl methyl sites for hydroxylation is 1. The van der Waals surface area contributed by atoms with Crippen molar-refractivity contribution in [1.29, 1.82) is 5.26 Å². The lowest BCUT2D eigenvalue weighted by molar-refractivity contribution is 0.585. The Morgan fingerprint density at radius 3 is 2.38 bits per heavy atom. The van der Waals surface area contributed by atoms with Crippen LogP contribution in [0.4, 0.5) is 8.78 Å². The standard InChI is InChI=1S/C17H9Cl2F2N3/c1-9-16(14-13(20)7-2-10(8-22)15(14)21)24(17(19)23-9)12-5-3-11(18)4-6-12/h2-7H,1H3. The van der Waals surface area contributed by atoms with Gasteiger partial charge in [-0.25, -0.2) is 13.8 Å². The third-order valence-corrected chi connectivity index (χ3v) is 4.05. The van der Waals surface area contributed by atoms with Crippen LogP contribution in [-0.2, 0) is 0 Å². The first-order chi connectivity index (χ1) is 11.4. The van der Waals surface area contributed by atoms with Gasteiger partial charge in [0.2, 0.25) is 5.28 Å². The van der Waals surface area contributed by atoms with E-state index >= 15 is 0 Å². The molecule has 3 aromatic rings. The van der Waals surface area contributed by atoms with E-state index in [0.29, 0.717) is 16.4 Å². The largest absolute Gasteiger partial charge is 0.283 e. The fourth-order valence-electron chi connectivity index (χ4n) is 2.47. The summed E-state index contributed by atoms with van der Waals surface area (Å²) in [5.41, 5.74) is 0.421. The highest BCUT2D eigenvalue weighted by Crippen LogP contribution is 2.35. The third-order valence-electron chi connectivity index (χ3n) is 3.54. The van der Waals surface area contributed by atoms with Gasteiger partial charge in [0.15, 0.2) is 5.82 Å². The summed E-state index contributed by atoms with van der Waals surface area (Å²) in [7, 11) is 0. The fourth-order valence-corrected chi connectivity index (χ4v) is 2.90. The van der Waals surface area contributed by atoms with Crippen LogP contribution in [0.5, 0.6) is 0 Å². The van der Waals surface area contributed by atoms with Crippen molar-refractivity contribution in [3.8, 4) is 23.0 Å². The Labute approximate surface area is 146 Å². The summed E-state index contributed by atoms with van der Waals surface area (Å²) in [6.45, 7) is 1.59. The Bertz CT molecular complexity index is 973. The van der Waals surface area contributed by atoms with Crippen LogP contribution in [0.15, 0.2) is 36.4 Å². The van der Waals surface area contributed by atoms with E-state index in [1.807, 2.05) is 0 Å². The summed E-state index contributed by atoms with van der Waals surface area (Å²) >= 11 is 12.0. The Kier molecular flexibility index (Phi) is 4.27. The second kappa shape index (κ2) is 6.23. The predicted molar refractivity (Wildman–Crippen MR) is 88.4 cm³/mol. The zero-order chi connectivity index (χ0) is 17.4. The molecule has 3 rings (SSSR count). The lowest BCUT2D eigenvalue weighted by Crippen LogP contribution is -2.02. The van der Waals surface area contributed by atoms with Gasteiger partial charge in [0, 0.05) is 10.7 Å². The van der Waals surface area contributed by atoms with Gasteiger partial charge >= 0.3 is 0 Å². The second-order valence-electron chi connectivity index (χ2n) is 5.02. The predicted octanol–water partition coefficient (Wildman–Crippen LogP) is 5.30. The van der Waals surface area contributed by atoms with Gasteiger partial charge in [-0.15, -0.1) is 0 Å². The topological polar surface area (TPSA) is 41.6 Å². The molecule has 0 atom stereocenters. The van der Waals surface area contributed by atoms with Gasteiger partial charge in [-0.1, -0.05) is 11.6 Å². The van der Waals surface area contributed by atoms with Crippen molar-refractivity contribution in [3.63, 3.8) is 0 Å². The molecule has 1 heterocycles.